The predicted molar refractivity (Wildman–Crippen MR) is 107 cm³/mol. The first-order chi connectivity index (χ1) is 16.7. The van der Waals surface area contributed by atoms with Gasteiger partial charge < -0.3 is 56.9 Å². The largest absolute Gasteiger partial charge is 0.481 e. The van der Waals surface area contributed by atoms with Crippen LogP contribution in [0.3, 0.4) is 0 Å². The summed E-state index contributed by atoms with van der Waals surface area (Å²) < 4.78 is 9.54. The van der Waals surface area contributed by atoms with E-state index in [0.717, 1.165) is 0 Å². The van der Waals surface area contributed by atoms with Crippen molar-refractivity contribution in [3.05, 3.63) is 0 Å². The molecule has 0 aromatic rings. The normalized spacial score (nSPS) is 29.5. The minimum Gasteiger partial charge on any atom is -0.481 e. The Balaban J connectivity index is 2.15. The van der Waals surface area contributed by atoms with E-state index in [-0.39, 0.29) is 0 Å². The highest BCUT2D eigenvalue weighted by Gasteiger charge is 2.54. The van der Waals surface area contributed by atoms with E-state index in [2.05, 4.69) is 4.74 Å². The predicted octanol–water partition coefficient (Wildman–Crippen LogP) is -6.60. The molecule has 36 heavy (non-hydrogen) atoms. The molecule has 12 N–H and O–H groups in total. The number of imide groups is 1. The second-order valence-corrected chi connectivity index (χ2v) is 7.85. The molecule has 1 unspecified atom stereocenters. The first-order valence-corrected chi connectivity index (χ1v) is 10.1. The van der Waals surface area contributed by atoms with Crippen molar-refractivity contribution in [2.24, 2.45) is 17.4 Å². The molecule has 0 radical (unpaired) electrons. The number of carbonyl (C=O) groups excluding carboxylic acids is 4. The van der Waals surface area contributed by atoms with Crippen molar-refractivity contribution in [1.82, 2.24) is 15.5 Å². The molecule has 19 heteroatoms. The molecular formula is C17H25N5O14. The van der Waals surface area contributed by atoms with Gasteiger partial charge in [-0.1, -0.05) is 0 Å². The summed E-state index contributed by atoms with van der Waals surface area (Å²) in [5, 5.41) is 62.6. The van der Waals surface area contributed by atoms with Gasteiger partial charge in [-0.2, -0.15) is 0 Å². The molecule has 2 aliphatic heterocycles. The number of nitrogens with two attached hydrogens (primary N) is 2. The lowest BCUT2D eigenvalue weighted by atomic mass is 10.0. The van der Waals surface area contributed by atoms with E-state index in [9.17, 15) is 54.3 Å². The topological polar surface area (TPSA) is 322 Å². The summed E-state index contributed by atoms with van der Waals surface area (Å²) in [7, 11) is 0. The molecule has 0 bridgehead atoms. The number of carbonyl (C=O) groups is 6. The number of rotatable bonds is 10. The van der Waals surface area contributed by atoms with Crippen molar-refractivity contribution in [2.75, 3.05) is 13.2 Å². The second-order valence-electron chi connectivity index (χ2n) is 7.85. The van der Waals surface area contributed by atoms with Crippen LogP contribution in [0, 0.1) is 5.92 Å². The first-order valence-electron chi connectivity index (χ1n) is 10.1. The highest BCUT2D eigenvalue weighted by Crippen LogP contribution is 2.28. The summed E-state index contributed by atoms with van der Waals surface area (Å²) in [5.41, 5.74) is 10.2. The van der Waals surface area contributed by atoms with Crippen molar-refractivity contribution >= 4 is 35.9 Å². The summed E-state index contributed by atoms with van der Waals surface area (Å²) in [6, 6.07) is -5.33. The third-order valence-corrected chi connectivity index (χ3v) is 5.42. The van der Waals surface area contributed by atoms with Crippen LogP contribution in [-0.4, -0.2) is 133 Å². The highest BCUT2D eigenvalue weighted by atomic mass is 16.6. The number of nitrogens with one attached hydrogen (secondary N) is 2. The molecule has 0 aromatic heterocycles. The molecule has 0 aromatic carbocycles. The van der Waals surface area contributed by atoms with E-state index >= 15 is 0 Å². The summed E-state index contributed by atoms with van der Waals surface area (Å²) in [5.74, 6) is -7.70. The van der Waals surface area contributed by atoms with Gasteiger partial charge in [0.25, 0.3) is 0 Å². The fourth-order valence-electron chi connectivity index (χ4n) is 3.45. The summed E-state index contributed by atoms with van der Waals surface area (Å²) in [6.07, 6.45) is -13.1. The van der Waals surface area contributed by atoms with Gasteiger partial charge in [-0.25, -0.2) is 14.4 Å². The van der Waals surface area contributed by atoms with Crippen LogP contribution in [0.15, 0.2) is 0 Å². The number of aliphatic carboxylic acids is 2. The van der Waals surface area contributed by atoms with Crippen molar-refractivity contribution in [1.29, 1.82) is 0 Å². The Labute approximate surface area is 200 Å². The number of primary amides is 1. The van der Waals surface area contributed by atoms with Gasteiger partial charge in [-0.3, -0.25) is 24.6 Å². The summed E-state index contributed by atoms with van der Waals surface area (Å²) in [4.78, 5) is 70.4. The van der Waals surface area contributed by atoms with Crippen LogP contribution in [-0.2, 0) is 28.7 Å². The molecule has 2 rings (SSSR count). The zero-order valence-electron chi connectivity index (χ0n) is 18.2. The van der Waals surface area contributed by atoms with Crippen molar-refractivity contribution in [3.8, 4) is 0 Å². The number of hydrogen-bond acceptors (Lipinski definition) is 13. The average Bonchev–Trinajstić information content (AvgIpc) is 3.08. The van der Waals surface area contributed by atoms with Crippen LogP contribution in [0.1, 0.15) is 0 Å². The molecule has 2 fully saturated rings. The van der Waals surface area contributed by atoms with E-state index in [1.54, 1.807) is 5.32 Å². The number of amides is 5. The summed E-state index contributed by atoms with van der Waals surface area (Å²) >= 11 is 0. The average molecular weight is 523 g/mol. The van der Waals surface area contributed by atoms with Gasteiger partial charge in [0, 0.05) is 6.54 Å². The number of carboxylic acid groups (broad SMARTS) is 2. The number of urea groups is 1. The van der Waals surface area contributed by atoms with Crippen LogP contribution in [0.25, 0.3) is 0 Å². The smallest absolute Gasteiger partial charge is 0.404 e. The fourth-order valence-corrected chi connectivity index (χ4v) is 3.45. The van der Waals surface area contributed by atoms with Crippen LogP contribution in [0.5, 0.6) is 0 Å². The van der Waals surface area contributed by atoms with Gasteiger partial charge in [0.1, 0.15) is 43.2 Å². The van der Waals surface area contributed by atoms with E-state index in [0.29, 0.717) is 4.90 Å². The Morgan fingerprint density at radius 1 is 1.17 bits per heavy atom. The van der Waals surface area contributed by atoms with E-state index in [1.165, 1.54) is 0 Å². The molecule has 2 aliphatic rings. The lowest BCUT2D eigenvalue weighted by Crippen LogP contribution is -2.61. The van der Waals surface area contributed by atoms with Gasteiger partial charge in [0.05, 0.1) is 0 Å². The lowest BCUT2D eigenvalue weighted by Gasteiger charge is -2.35. The number of nitrogens with zero attached hydrogens (tertiary/aromatic N) is 1. The number of aliphatic hydroxyl groups is 4. The van der Waals surface area contributed by atoms with Crippen LogP contribution >= 0.6 is 0 Å². The number of aliphatic hydroxyl groups excluding tert-OH is 4. The molecule has 2 saturated heterocycles. The van der Waals surface area contributed by atoms with Crippen LogP contribution in [0.4, 0.5) is 9.59 Å². The van der Waals surface area contributed by atoms with Crippen LogP contribution in [0.2, 0.25) is 0 Å². The molecular weight excluding hydrogens is 498 g/mol. The van der Waals surface area contributed by atoms with Crippen molar-refractivity contribution < 1.29 is 68.9 Å². The number of hydrogen-bond donors (Lipinski definition) is 10. The lowest BCUT2D eigenvalue weighted by molar-refractivity contribution is -0.154. The maximum Gasteiger partial charge on any atom is 0.404 e. The molecule has 2 heterocycles. The standard InChI is InChI=1S/C17H25N5O14/c18-5(7(24)4(23)2-35-16(19)33)12(28)20-6(15(31)32)10-8(25)9(26)13(36-10)22-1-3(14(29)30)11(27)21-17(22)34/h3-10,13,23-26H,1-2,18H2,(H2,19,33)(H,20,28)(H,29,30)(H,31,32)(H,21,27,34)/t3?,4-,5-,6-,7+,8-,9+,10+,13+/m0/s1. The van der Waals surface area contributed by atoms with Gasteiger partial charge >= 0.3 is 24.1 Å². The Morgan fingerprint density at radius 3 is 2.31 bits per heavy atom. The Hall–Kier alpha value is -3.62. The first kappa shape index (κ1) is 28.6. The molecule has 0 spiro atoms. The minimum atomic E-state index is -2.14. The van der Waals surface area contributed by atoms with Gasteiger partial charge in [-0.15, -0.1) is 0 Å². The Bertz CT molecular complexity index is 916. The van der Waals surface area contributed by atoms with Gasteiger partial charge in [0.2, 0.25) is 11.8 Å². The minimum absolute atomic E-state index is 0.555. The highest BCUT2D eigenvalue weighted by molar-refractivity contribution is 6.06. The molecule has 19 nitrogen and oxygen atoms in total. The molecule has 0 aliphatic carbocycles. The van der Waals surface area contributed by atoms with E-state index < -0.39 is 104 Å². The van der Waals surface area contributed by atoms with Crippen molar-refractivity contribution in [2.45, 2.75) is 48.8 Å². The molecule has 0 saturated carbocycles. The number of carboxylic acids is 2. The Morgan fingerprint density at radius 2 is 1.78 bits per heavy atom. The fraction of sp³-hybridized carbons (Fsp3) is 0.647. The third kappa shape index (κ3) is 6.13. The second kappa shape index (κ2) is 11.4. The van der Waals surface area contributed by atoms with E-state index in [4.69, 9.17) is 21.3 Å². The van der Waals surface area contributed by atoms with Gasteiger partial charge in [0.15, 0.2) is 18.2 Å². The van der Waals surface area contributed by atoms with Crippen LogP contribution < -0.4 is 22.1 Å². The zero-order chi connectivity index (χ0) is 27.5. The van der Waals surface area contributed by atoms with E-state index in [1.807, 2.05) is 5.32 Å². The SMILES string of the molecule is NC(=O)OC[C@H](O)[C@@H](O)[C@H](N)C(=O)N[C@H](C(=O)O)[C@H]1O[C@@H](N2CC(C(=O)O)C(=O)NC2=O)[C@H](O)[C@@H]1O. The maximum absolute atomic E-state index is 12.4. The number of ether oxygens (including phenoxy) is 2. The maximum atomic E-state index is 12.4. The monoisotopic (exact) mass is 523 g/mol. The van der Waals surface area contributed by atoms with Gasteiger partial charge in [-0.05, 0) is 0 Å². The quantitative estimate of drug-likeness (QED) is 0.119. The Kier molecular flexibility index (Phi) is 9.07. The zero-order valence-corrected chi connectivity index (χ0v) is 18.2. The van der Waals surface area contributed by atoms with Crippen molar-refractivity contribution in [3.63, 3.8) is 0 Å². The molecule has 9 atom stereocenters. The third-order valence-electron chi connectivity index (χ3n) is 5.42. The summed E-state index contributed by atoms with van der Waals surface area (Å²) in [6.45, 7) is -1.64. The molecule has 5 amide bonds. The molecule has 202 valence electrons.